The fourth-order valence-corrected chi connectivity index (χ4v) is 2.67. The summed E-state index contributed by atoms with van der Waals surface area (Å²) < 4.78 is 21.0. The molecule has 74 valence electrons. The van der Waals surface area contributed by atoms with Gasteiger partial charge >= 0.3 is 0 Å². The first-order valence-electron chi connectivity index (χ1n) is 4.58. The van der Waals surface area contributed by atoms with E-state index in [2.05, 4.69) is 5.92 Å². The van der Waals surface area contributed by atoms with E-state index in [9.17, 15) is 4.21 Å². The number of piperidine rings is 1. The summed E-state index contributed by atoms with van der Waals surface area (Å²) in [5.41, 5.74) is 0. The molecule has 1 saturated heterocycles. The fourth-order valence-electron chi connectivity index (χ4n) is 1.50. The highest BCUT2D eigenvalue weighted by molar-refractivity contribution is 7.90. The van der Waals surface area contributed by atoms with Crippen molar-refractivity contribution in [2.45, 2.75) is 19.8 Å². The largest absolute Gasteiger partial charge is 0.240 e. The average molecular weight is 200 g/mol. The quantitative estimate of drug-likeness (QED) is 0.671. The van der Waals surface area contributed by atoms with Crippen molar-refractivity contribution < 1.29 is 4.21 Å². The predicted octanol–water partition coefficient (Wildman–Crippen LogP) is 1.31. The molecule has 0 saturated carbocycles. The van der Waals surface area contributed by atoms with Gasteiger partial charge in [0.1, 0.15) is 9.92 Å². The normalized spacial score (nSPS) is 24.9. The van der Waals surface area contributed by atoms with Gasteiger partial charge in [-0.1, -0.05) is 6.92 Å². The zero-order chi connectivity index (χ0) is 9.90. The van der Waals surface area contributed by atoms with Crippen molar-refractivity contribution in [1.82, 2.24) is 4.31 Å². The number of nitrogens with one attached hydrogen (secondary N) is 1. The van der Waals surface area contributed by atoms with Crippen molar-refractivity contribution in [3.63, 3.8) is 0 Å². The Kier molecular flexibility index (Phi) is 3.34. The van der Waals surface area contributed by atoms with Crippen LogP contribution in [0, 0.1) is 23.0 Å². The van der Waals surface area contributed by atoms with Gasteiger partial charge in [-0.2, -0.15) is 0 Å². The number of hydrogen-bond donors (Lipinski definition) is 1. The van der Waals surface area contributed by atoms with E-state index in [4.69, 9.17) is 11.2 Å². The van der Waals surface area contributed by atoms with E-state index >= 15 is 0 Å². The molecule has 0 amide bonds. The van der Waals surface area contributed by atoms with Crippen molar-refractivity contribution in [2.75, 3.05) is 18.8 Å². The first kappa shape index (κ1) is 10.6. The zero-order valence-corrected chi connectivity index (χ0v) is 8.77. The van der Waals surface area contributed by atoms with Crippen LogP contribution in [0.5, 0.6) is 0 Å². The third-order valence-corrected chi connectivity index (χ3v) is 4.48. The van der Waals surface area contributed by atoms with Crippen LogP contribution in [0.25, 0.3) is 0 Å². The van der Waals surface area contributed by atoms with Crippen molar-refractivity contribution in [3.05, 3.63) is 0 Å². The summed E-state index contributed by atoms with van der Waals surface area (Å²) in [5, 5.41) is 0. The van der Waals surface area contributed by atoms with Crippen LogP contribution in [0.2, 0.25) is 0 Å². The Hall–Kier alpha value is -0.530. The summed E-state index contributed by atoms with van der Waals surface area (Å²) in [7, 11) is -2.49. The molecule has 1 fully saturated rings. The molecule has 0 radical (unpaired) electrons. The van der Waals surface area contributed by atoms with Crippen LogP contribution in [0.3, 0.4) is 0 Å². The SMILES string of the molecule is C#CC1CCN(S(=N)(=O)CC)CC1. The van der Waals surface area contributed by atoms with E-state index in [1.807, 2.05) is 0 Å². The molecule has 0 aromatic heterocycles. The average Bonchev–Trinajstić information content (AvgIpc) is 2.18. The summed E-state index contributed by atoms with van der Waals surface area (Å²) in [4.78, 5) is 0. The summed E-state index contributed by atoms with van der Waals surface area (Å²) in [5.74, 6) is 3.45. The van der Waals surface area contributed by atoms with Crippen LogP contribution in [0.4, 0.5) is 0 Å². The van der Waals surface area contributed by atoms with Gasteiger partial charge in [0.15, 0.2) is 0 Å². The van der Waals surface area contributed by atoms with E-state index in [0.717, 1.165) is 12.8 Å². The Morgan fingerprint density at radius 1 is 1.62 bits per heavy atom. The molecule has 0 bridgehead atoms. The van der Waals surface area contributed by atoms with Gasteiger partial charge in [-0.05, 0) is 12.8 Å². The minimum Gasteiger partial charge on any atom is -0.240 e. The monoisotopic (exact) mass is 200 g/mol. The van der Waals surface area contributed by atoms with Crippen molar-refractivity contribution >= 4 is 9.92 Å². The molecule has 0 aromatic carbocycles. The van der Waals surface area contributed by atoms with Crippen LogP contribution in [0.1, 0.15) is 19.8 Å². The molecule has 4 heteroatoms. The molecule has 13 heavy (non-hydrogen) atoms. The molecular formula is C9H16N2OS. The lowest BCUT2D eigenvalue weighted by molar-refractivity contribution is 0.322. The minimum atomic E-state index is -2.49. The number of hydrogen-bond acceptors (Lipinski definition) is 2. The van der Waals surface area contributed by atoms with E-state index in [0.29, 0.717) is 24.8 Å². The highest BCUT2D eigenvalue weighted by Gasteiger charge is 2.23. The van der Waals surface area contributed by atoms with Crippen LogP contribution >= 0.6 is 0 Å². The lowest BCUT2D eigenvalue weighted by atomic mass is 10.00. The maximum Gasteiger partial charge on any atom is 0.107 e. The smallest absolute Gasteiger partial charge is 0.107 e. The molecule has 0 aromatic rings. The Labute approximate surface area is 80.6 Å². The minimum absolute atomic E-state index is 0.323. The lowest BCUT2D eigenvalue weighted by Crippen LogP contribution is -2.38. The molecule has 0 spiro atoms. The molecule has 1 aliphatic heterocycles. The Bertz CT molecular complexity index is 294. The van der Waals surface area contributed by atoms with Gasteiger partial charge < -0.3 is 0 Å². The van der Waals surface area contributed by atoms with E-state index in [-0.39, 0.29) is 0 Å². The molecule has 1 atom stereocenters. The van der Waals surface area contributed by atoms with Gasteiger partial charge in [-0.25, -0.2) is 13.3 Å². The molecule has 1 rings (SSSR count). The van der Waals surface area contributed by atoms with Crippen molar-refractivity contribution in [3.8, 4) is 12.3 Å². The standard InChI is InChI=1S/C9H16N2OS/c1-3-9-5-7-11(8-6-9)13(10,12)4-2/h1,9-10H,4-8H2,2H3. The maximum absolute atomic E-state index is 11.6. The second-order valence-electron chi connectivity index (χ2n) is 3.30. The first-order valence-corrected chi connectivity index (χ1v) is 6.26. The van der Waals surface area contributed by atoms with Gasteiger partial charge in [0, 0.05) is 24.8 Å². The summed E-state index contributed by atoms with van der Waals surface area (Å²) in [6, 6.07) is 0. The molecule has 3 nitrogen and oxygen atoms in total. The highest BCUT2D eigenvalue weighted by Crippen LogP contribution is 2.18. The molecule has 1 aliphatic rings. The second-order valence-corrected chi connectivity index (χ2v) is 5.67. The summed E-state index contributed by atoms with van der Waals surface area (Å²) in [6.45, 7) is 3.22. The van der Waals surface area contributed by atoms with Gasteiger partial charge in [0.25, 0.3) is 0 Å². The Balaban J connectivity index is 2.56. The Morgan fingerprint density at radius 2 is 2.15 bits per heavy atom. The van der Waals surface area contributed by atoms with Crippen molar-refractivity contribution in [2.24, 2.45) is 5.92 Å². The van der Waals surface area contributed by atoms with Crippen LogP contribution in [0.15, 0.2) is 0 Å². The van der Waals surface area contributed by atoms with Crippen LogP contribution in [-0.2, 0) is 9.92 Å². The Morgan fingerprint density at radius 3 is 2.54 bits per heavy atom. The molecule has 1 heterocycles. The predicted molar refractivity (Wildman–Crippen MR) is 54.5 cm³/mol. The number of nitrogens with zero attached hydrogens (tertiary/aromatic N) is 1. The lowest BCUT2D eigenvalue weighted by Gasteiger charge is -2.30. The van der Waals surface area contributed by atoms with E-state index < -0.39 is 9.92 Å². The third-order valence-electron chi connectivity index (χ3n) is 2.50. The maximum atomic E-state index is 11.6. The van der Waals surface area contributed by atoms with Crippen molar-refractivity contribution in [1.29, 1.82) is 4.78 Å². The topological polar surface area (TPSA) is 44.2 Å². The fraction of sp³-hybridized carbons (Fsp3) is 0.778. The molecule has 0 aliphatic carbocycles. The van der Waals surface area contributed by atoms with Gasteiger partial charge in [-0.15, -0.1) is 12.3 Å². The molecule has 1 unspecified atom stereocenters. The second kappa shape index (κ2) is 4.12. The summed E-state index contributed by atoms with van der Waals surface area (Å²) in [6.07, 6.45) is 7.07. The number of terminal acetylenes is 1. The highest BCUT2D eigenvalue weighted by atomic mass is 32.2. The summed E-state index contributed by atoms with van der Waals surface area (Å²) >= 11 is 0. The molecule has 1 N–H and O–H groups in total. The third kappa shape index (κ3) is 2.45. The van der Waals surface area contributed by atoms with E-state index in [1.165, 1.54) is 0 Å². The van der Waals surface area contributed by atoms with Gasteiger partial charge in [0.2, 0.25) is 0 Å². The number of rotatable bonds is 2. The van der Waals surface area contributed by atoms with Gasteiger partial charge in [0.05, 0.1) is 0 Å². The first-order chi connectivity index (χ1) is 6.10. The molecular weight excluding hydrogens is 184 g/mol. The van der Waals surface area contributed by atoms with Crippen LogP contribution in [-0.4, -0.2) is 27.4 Å². The van der Waals surface area contributed by atoms with E-state index in [1.54, 1.807) is 11.2 Å². The van der Waals surface area contributed by atoms with Gasteiger partial charge in [-0.3, -0.25) is 0 Å². The van der Waals surface area contributed by atoms with Crippen LogP contribution < -0.4 is 0 Å². The zero-order valence-electron chi connectivity index (χ0n) is 7.95.